The molecule has 6 heteroatoms. The minimum absolute atomic E-state index is 0.0578. The zero-order valence-electron chi connectivity index (χ0n) is 18.0. The predicted molar refractivity (Wildman–Crippen MR) is 121 cm³/mol. The number of aromatic hydroxyl groups is 1. The standard InChI is InChI=1S/C24H29N3O3/c1-5-7-20(25-18-11-8-16(9-12-18)15-27(3)4)22-19-13-10-17(24(29)30-6-2)14-21(19)26-23(22)28/h8-14,26,28H,5-7,15H2,1-4H3. The second-order valence-electron chi connectivity index (χ2n) is 7.54. The van der Waals surface area contributed by atoms with Gasteiger partial charge in [0.2, 0.25) is 0 Å². The van der Waals surface area contributed by atoms with E-state index in [4.69, 9.17) is 9.73 Å². The van der Waals surface area contributed by atoms with Crippen molar-refractivity contribution in [3.63, 3.8) is 0 Å². The normalized spacial score (nSPS) is 12.0. The molecule has 0 fully saturated rings. The van der Waals surface area contributed by atoms with Crippen molar-refractivity contribution in [3.05, 3.63) is 59.2 Å². The topological polar surface area (TPSA) is 77.9 Å². The van der Waals surface area contributed by atoms with E-state index < -0.39 is 0 Å². The molecule has 1 aromatic heterocycles. The first kappa shape index (κ1) is 21.6. The molecule has 0 amide bonds. The van der Waals surface area contributed by atoms with Crippen molar-refractivity contribution < 1.29 is 14.6 Å². The molecular weight excluding hydrogens is 378 g/mol. The molecule has 3 aromatic rings. The van der Waals surface area contributed by atoms with Crippen LogP contribution in [0.25, 0.3) is 10.9 Å². The van der Waals surface area contributed by atoms with Crippen molar-refractivity contribution >= 4 is 28.3 Å². The second-order valence-corrected chi connectivity index (χ2v) is 7.54. The average molecular weight is 408 g/mol. The van der Waals surface area contributed by atoms with Crippen LogP contribution in [-0.2, 0) is 11.3 Å². The molecule has 2 N–H and O–H groups in total. The molecule has 0 atom stereocenters. The summed E-state index contributed by atoms with van der Waals surface area (Å²) in [5.41, 5.74) is 4.68. The number of carbonyl (C=O) groups excluding carboxylic acids is 1. The Morgan fingerprint density at radius 1 is 1.13 bits per heavy atom. The van der Waals surface area contributed by atoms with E-state index in [1.54, 1.807) is 19.1 Å². The minimum atomic E-state index is -0.379. The Bertz CT molecular complexity index is 1050. The molecule has 0 saturated carbocycles. The molecule has 0 unspecified atom stereocenters. The number of aromatic nitrogens is 1. The van der Waals surface area contributed by atoms with Gasteiger partial charge in [-0.15, -0.1) is 0 Å². The largest absolute Gasteiger partial charge is 0.494 e. The molecule has 6 nitrogen and oxygen atoms in total. The second kappa shape index (κ2) is 9.59. The summed E-state index contributed by atoms with van der Waals surface area (Å²) in [5.74, 6) is -0.322. The van der Waals surface area contributed by atoms with Gasteiger partial charge in [0.1, 0.15) is 0 Å². The van der Waals surface area contributed by atoms with Crippen molar-refractivity contribution in [3.8, 4) is 5.88 Å². The number of fused-ring (bicyclic) bond motifs is 1. The van der Waals surface area contributed by atoms with Crippen LogP contribution in [0.4, 0.5) is 5.69 Å². The highest BCUT2D eigenvalue weighted by molar-refractivity contribution is 6.14. The molecule has 2 aromatic carbocycles. The first-order chi connectivity index (χ1) is 14.4. The molecule has 158 valence electrons. The van der Waals surface area contributed by atoms with Crippen LogP contribution in [0.5, 0.6) is 5.88 Å². The van der Waals surface area contributed by atoms with Crippen LogP contribution in [0.2, 0.25) is 0 Å². The molecule has 0 aliphatic carbocycles. The summed E-state index contributed by atoms with van der Waals surface area (Å²) < 4.78 is 5.07. The number of esters is 1. The number of rotatable bonds is 8. The highest BCUT2D eigenvalue weighted by Crippen LogP contribution is 2.31. The molecule has 0 bridgehead atoms. The van der Waals surface area contributed by atoms with Crippen molar-refractivity contribution in [1.82, 2.24) is 9.88 Å². The van der Waals surface area contributed by atoms with Gasteiger partial charge in [0.05, 0.1) is 29.1 Å². The summed E-state index contributed by atoms with van der Waals surface area (Å²) >= 11 is 0. The fourth-order valence-corrected chi connectivity index (χ4v) is 3.49. The van der Waals surface area contributed by atoms with E-state index in [0.717, 1.165) is 36.2 Å². The lowest BCUT2D eigenvalue weighted by molar-refractivity contribution is 0.0526. The highest BCUT2D eigenvalue weighted by atomic mass is 16.5. The van der Waals surface area contributed by atoms with Gasteiger partial charge in [-0.25, -0.2) is 4.79 Å². The van der Waals surface area contributed by atoms with E-state index in [2.05, 4.69) is 28.9 Å². The Morgan fingerprint density at radius 3 is 2.50 bits per heavy atom. The minimum Gasteiger partial charge on any atom is -0.494 e. The molecule has 30 heavy (non-hydrogen) atoms. The lowest BCUT2D eigenvalue weighted by atomic mass is 10.0. The zero-order chi connectivity index (χ0) is 21.7. The number of ether oxygens (including phenoxy) is 1. The number of benzene rings is 2. The van der Waals surface area contributed by atoms with Crippen LogP contribution >= 0.6 is 0 Å². The zero-order valence-corrected chi connectivity index (χ0v) is 18.0. The van der Waals surface area contributed by atoms with E-state index in [0.29, 0.717) is 23.3 Å². The van der Waals surface area contributed by atoms with Crippen LogP contribution in [0, 0.1) is 0 Å². The monoisotopic (exact) mass is 407 g/mol. The van der Waals surface area contributed by atoms with Gasteiger partial charge in [0.25, 0.3) is 0 Å². The van der Waals surface area contributed by atoms with E-state index in [-0.39, 0.29) is 11.8 Å². The highest BCUT2D eigenvalue weighted by Gasteiger charge is 2.18. The number of carbonyl (C=O) groups is 1. The SMILES string of the molecule is CCCC(=Nc1ccc(CN(C)C)cc1)c1c(O)[nH]c2cc(C(=O)OCC)ccc12. The van der Waals surface area contributed by atoms with Crippen molar-refractivity contribution in [2.75, 3.05) is 20.7 Å². The molecule has 0 aliphatic rings. The van der Waals surface area contributed by atoms with Gasteiger partial charge in [0.15, 0.2) is 5.88 Å². The van der Waals surface area contributed by atoms with Gasteiger partial charge >= 0.3 is 5.97 Å². The van der Waals surface area contributed by atoms with E-state index >= 15 is 0 Å². The Kier molecular flexibility index (Phi) is 6.90. The van der Waals surface area contributed by atoms with Crippen LogP contribution in [0.3, 0.4) is 0 Å². The average Bonchev–Trinajstić information content (AvgIpc) is 3.03. The molecule has 0 radical (unpaired) electrons. The Hall–Kier alpha value is -3.12. The fraction of sp³-hybridized carbons (Fsp3) is 0.333. The predicted octanol–water partition coefficient (Wildman–Crippen LogP) is 5.03. The number of nitrogens with one attached hydrogen (secondary N) is 1. The lowest BCUT2D eigenvalue weighted by Gasteiger charge is -2.10. The van der Waals surface area contributed by atoms with Gasteiger partial charge in [-0.2, -0.15) is 0 Å². The summed E-state index contributed by atoms with van der Waals surface area (Å²) in [6.45, 7) is 5.05. The third-order valence-electron chi connectivity index (χ3n) is 4.76. The van der Waals surface area contributed by atoms with Crippen LogP contribution < -0.4 is 0 Å². The maximum Gasteiger partial charge on any atom is 0.338 e. The van der Waals surface area contributed by atoms with Crippen LogP contribution in [0.1, 0.15) is 48.2 Å². The summed E-state index contributed by atoms with van der Waals surface area (Å²) in [4.78, 5) is 22.0. The van der Waals surface area contributed by atoms with Gasteiger partial charge in [0, 0.05) is 17.4 Å². The van der Waals surface area contributed by atoms with E-state index in [1.165, 1.54) is 5.56 Å². The maximum absolute atomic E-state index is 12.0. The van der Waals surface area contributed by atoms with E-state index in [9.17, 15) is 9.90 Å². The third-order valence-corrected chi connectivity index (χ3v) is 4.76. The smallest absolute Gasteiger partial charge is 0.338 e. The van der Waals surface area contributed by atoms with Crippen LogP contribution in [-0.4, -0.2) is 47.4 Å². The van der Waals surface area contributed by atoms with Crippen molar-refractivity contribution in [1.29, 1.82) is 0 Å². The molecule has 0 spiro atoms. The quantitative estimate of drug-likeness (QED) is 0.405. The first-order valence-electron chi connectivity index (χ1n) is 10.3. The molecule has 3 rings (SSSR count). The summed E-state index contributed by atoms with van der Waals surface area (Å²) in [5, 5.41) is 11.5. The number of nitrogens with zero attached hydrogens (tertiary/aromatic N) is 2. The Balaban J connectivity index is 2.00. The van der Waals surface area contributed by atoms with E-state index in [1.807, 2.05) is 32.3 Å². The Morgan fingerprint density at radius 2 is 1.87 bits per heavy atom. The molecule has 1 heterocycles. The first-order valence-corrected chi connectivity index (χ1v) is 10.3. The number of aromatic amines is 1. The number of hydrogen-bond donors (Lipinski definition) is 2. The summed E-state index contributed by atoms with van der Waals surface area (Å²) in [6, 6.07) is 13.4. The Labute approximate surface area is 177 Å². The fourth-order valence-electron chi connectivity index (χ4n) is 3.49. The number of H-pyrrole nitrogens is 1. The van der Waals surface area contributed by atoms with Gasteiger partial charge in [-0.3, -0.25) is 4.99 Å². The molecular formula is C24H29N3O3. The van der Waals surface area contributed by atoms with Gasteiger partial charge < -0.3 is 19.7 Å². The van der Waals surface area contributed by atoms with Crippen LogP contribution in [0.15, 0.2) is 47.5 Å². The summed E-state index contributed by atoms with van der Waals surface area (Å²) in [6.07, 6.45) is 1.62. The lowest BCUT2D eigenvalue weighted by Crippen LogP contribution is -2.10. The maximum atomic E-state index is 12.0. The third kappa shape index (κ3) is 4.89. The van der Waals surface area contributed by atoms with Gasteiger partial charge in [-0.1, -0.05) is 31.5 Å². The summed E-state index contributed by atoms with van der Waals surface area (Å²) in [7, 11) is 4.08. The number of hydrogen-bond acceptors (Lipinski definition) is 5. The van der Waals surface area contributed by atoms with Crippen molar-refractivity contribution in [2.45, 2.75) is 33.2 Å². The molecule has 0 aliphatic heterocycles. The molecule has 0 saturated heterocycles. The number of aliphatic imine (C=N–C) groups is 1. The van der Waals surface area contributed by atoms with Crippen molar-refractivity contribution in [2.24, 2.45) is 4.99 Å². The van der Waals surface area contributed by atoms with Gasteiger partial charge in [-0.05, 0) is 57.3 Å².